The fourth-order valence-electron chi connectivity index (χ4n) is 5.20. The Balaban J connectivity index is 1.66. The van der Waals surface area contributed by atoms with E-state index in [2.05, 4.69) is 0 Å². The zero-order valence-corrected chi connectivity index (χ0v) is 18.9. The average Bonchev–Trinajstić information content (AvgIpc) is 3.45. The van der Waals surface area contributed by atoms with E-state index < -0.39 is 17.7 Å². The molecular weight excluding hydrogens is 420 g/mol. The Kier molecular flexibility index (Phi) is 5.48. The van der Waals surface area contributed by atoms with Crippen LogP contribution in [0.2, 0.25) is 0 Å². The zero-order chi connectivity index (χ0) is 23.1. The van der Waals surface area contributed by atoms with Gasteiger partial charge in [0.1, 0.15) is 23.9 Å². The normalized spacial score (nSPS) is 22.4. The van der Waals surface area contributed by atoms with Crippen molar-refractivity contribution in [2.45, 2.75) is 37.8 Å². The molecule has 2 aromatic carbocycles. The Bertz CT molecular complexity index is 1140. The summed E-state index contributed by atoms with van der Waals surface area (Å²) in [7, 11) is 3.54. The number of hydrogen-bond acceptors (Lipinski definition) is 6. The number of aliphatic hydroxyl groups is 1. The van der Waals surface area contributed by atoms with Crippen molar-refractivity contribution in [3.63, 3.8) is 0 Å². The van der Waals surface area contributed by atoms with E-state index in [4.69, 9.17) is 9.47 Å². The molecule has 1 saturated carbocycles. The van der Waals surface area contributed by atoms with E-state index in [0.717, 1.165) is 49.2 Å². The number of likely N-dealkylation sites (N-methyl/N-ethyl adjacent to an activating group) is 1. The van der Waals surface area contributed by atoms with E-state index in [0.29, 0.717) is 17.9 Å². The maximum absolute atomic E-state index is 13.3. The van der Waals surface area contributed by atoms with Gasteiger partial charge in [0.2, 0.25) is 0 Å². The average molecular weight is 449 g/mol. The van der Waals surface area contributed by atoms with Gasteiger partial charge in [-0.05, 0) is 48.7 Å². The molecule has 0 aromatic heterocycles. The lowest BCUT2D eigenvalue weighted by Gasteiger charge is -2.31. The number of Topliss-reactive ketones (excluding diaryl/α,β-unsaturated/α-hetero) is 1. The topological polar surface area (TPSA) is 79.3 Å². The van der Waals surface area contributed by atoms with Gasteiger partial charge in [-0.25, -0.2) is 0 Å². The molecule has 1 unspecified atom stereocenters. The first kappa shape index (κ1) is 21.4. The van der Waals surface area contributed by atoms with Crippen molar-refractivity contribution in [3.05, 3.63) is 59.2 Å². The van der Waals surface area contributed by atoms with Crippen LogP contribution in [0, 0.1) is 0 Å². The molecule has 7 nitrogen and oxygen atoms in total. The number of rotatable bonds is 4. The van der Waals surface area contributed by atoms with Crippen LogP contribution in [-0.4, -0.2) is 55.0 Å². The number of benzene rings is 2. The molecule has 33 heavy (non-hydrogen) atoms. The number of aliphatic hydroxyl groups excluding tert-OH is 1. The van der Waals surface area contributed by atoms with E-state index in [9.17, 15) is 14.7 Å². The summed E-state index contributed by atoms with van der Waals surface area (Å²) in [6, 6.07) is 12.0. The highest BCUT2D eigenvalue weighted by Crippen LogP contribution is 2.44. The molecule has 2 fully saturated rings. The molecule has 2 aliphatic heterocycles. The minimum Gasteiger partial charge on any atom is -0.507 e. The van der Waals surface area contributed by atoms with Crippen LogP contribution in [0.4, 0.5) is 5.69 Å². The highest BCUT2D eigenvalue weighted by molar-refractivity contribution is 6.46. The summed E-state index contributed by atoms with van der Waals surface area (Å²) in [5, 5.41) is 11.4. The van der Waals surface area contributed by atoms with Gasteiger partial charge in [-0.2, -0.15) is 0 Å². The number of nitrogens with zero attached hydrogens (tertiary/aromatic N) is 2. The Morgan fingerprint density at radius 1 is 1.12 bits per heavy atom. The van der Waals surface area contributed by atoms with Gasteiger partial charge in [0.05, 0.1) is 31.0 Å². The third kappa shape index (κ3) is 3.61. The van der Waals surface area contributed by atoms with Crippen LogP contribution in [-0.2, 0) is 9.59 Å². The van der Waals surface area contributed by atoms with Crippen LogP contribution in [0.1, 0.15) is 42.9 Å². The first-order chi connectivity index (χ1) is 16.0. The first-order valence-electron chi connectivity index (χ1n) is 11.4. The quantitative estimate of drug-likeness (QED) is 0.434. The molecule has 3 aliphatic rings. The van der Waals surface area contributed by atoms with Crippen molar-refractivity contribution in [3.8, 4) is 11.5 Å². The number of fused-ring (bicyclic) bond motifs is 1. The minimum atomic E-state index is -0.659. The third-order valence-electron chi connectivity index (χ3n) is 6.94. The number of carbonyl (C=O) groups excluding carboxylic acids is 2. The molecule has 1 aliphatic carbocycles. The zero-order valence-electron chi connectivity index (χ0n) is 18.9. The van der Waals surface area contributed by atoms with E-state index >= 15 is 0 Å². The van der Waals surface area contributed by atoms with E-state index in [1.807, 2.05) is 42.3 Å². The smallest absolute Gasteiger partial charge is 0.295 e. The maximum Gasteiger partial charge on any atom is 0.295 e. The molecule has 7 heteroatoms. The Morgan fingerprint density at radius 2 is 1.91 bits per heavy atom. The molecule has 0 spiro atoms. The number of hydrogen-bond donors (Lipinski definition) is 1. The molecule has 1 amide bonds. The van der Waals surface area contributed by atoms with Gasteiger partial charge in [0.25, 0.3) is 11.7 Å². The molecule has 0 radical (unpaired) electrons. The summed E-state index contributed by atoms with van der Waals surface area (Å²) in [4.78, 5) is 30.3. The summed E-state index contributed by atoms with van der Waals surface area (Å²) in [6.45, 7) is 1.32. The molecule has 2 aromatic rings. The fourth-order valence-corrected chi connectivity index (χ4v) is 5.20. The highest BCUT2D eigenvalue weighted by Gasteiger charge is 2.49. The molecule has 2 heterocycles. The Morgan fingerprint density at radius 3 is 2.67 bits per heavy atom. The van der Waals surface area contributed by atoms with Gasteiger partial charge < -0.3 is 24.4 Å². The lowest BCUT2D eigenvalue weighted by Crippen LogP contribution is -2.37. The van der Waals surface area contributed by atoms with Crippen LogP contribution in [0.5, 0.6) is 11.5 Å². The molecule has 172 valence electrons. The largest absolute Gasteiger partial charge is 0.507 e. The third-order valence-corrected chi connectivity index (χ3v) is 6.94. The van der Waals surface area contributed by atoms with Crippen molar-refractivity contribution >= 4 is 23.1 Å². The van der Waals surface area contributed by atoms with Gasteiger partial charge in [-0.1, -0.05) is 25.0 Å². The summed E-state index contributed by atoms with van der Waals surface area (Å²) < 4.78 is 11.1. The monoisotopic (exact) mass is 448 g/mol. The van der Waals surface area contributed by atoms with E-state index in [1.165, 1.54) is 0 Å². The fraction of sp³-hybridized carbons (Fsp3) is 0.385. The second kappa shape index (κ2) is 8.46. The Labute approximate surface area is 193 Å². The standard InChI is InChI=1S/C26H28N2O5/c1-27-12-13-33-21-11-10-17(15-20(21)27)24(29)22-23(16-6-5-9-19(14-16)32-2)28(26(31)25(22)30)18-7-3-4-8-18/h5-6,9-11,14-15,18,23,29H,3-4,7-8,12-13H2,1-2H3/b24-22-. The van der Waals surface area contributed by atoms with Gasteiger partial charge >= 0.3 is 0 Å². The maximum atomic E-state index is 13.3. The van der Waals surface area contributed by atoms with E-state index in [-0.39, 0.29) is 17.4 Å². The lowest BCUT2D eigenvalue weighted by molar-refractivity contribution is -0.141. The second-order valence-electron chi connectivity index (χ2n) is 8.87. The van der Waals surface area contributed by atoms with Gasteiger partial charge in [0, 0.05) is 18.7 Å². The van der Waals surface area contributed by atoms with Gasteiger partial charge in [0.15, 0.2) is 0 Å². The molecule has 5 rings (SSSR count). The molecule has 0 bridgehead atoms. The number of likely N-dealkylation sites (tertiary alicyclic amines) is 1. The van der Waals surface area contributed by atoms with Crippen molar-refractivity contribution in [2.24, 2.45) is 0 Å². The highest BCUT2D eigenvalue weighted by atomic mass is 16.5. The summed E-state index contributed by atoms with van der Waals surface area (Å²) >= 11 is 0. The minimum absolute atomic E-state index is 0.0222. The number of methoxy groups -OCH3 is 1. The van der Waals surface area contributed by atoms with Crippen molar-refractivity contribution in [1.82, 2.24) is 4.90 Å². The van der Waals surface area contributed by atoms with Crippen LogP contribution >= 0.6 is 0 Å². The van der Waals surface area contributed by atoms with Crippen molar-refractivity contribution in [1.29, 1.82) is 0 Å². The van der Waals surface area contributed by atoms with Crippen LogP contribution in [0.15, 0.2) is 48.0 Å². The summed E-state index contributed by atoms with van der Waals surface area (Å²) in [5.41, 5.74) is 2.21. The number of anilines is 1. The predicted octanol–water partition coefficient (Wildman–Crippen LogP) is 3.89. The van der Waals surface area contributed by atoms with Crippen LogP contribution in [0.25, 0.3) is 5.76 Å². The summed E-state index contributed by atoms with van der Waals surface area (Å²) in [5.74, 6) is 0.0146. The predicted molar refractivity (Wildman–Crippen MR) is 125 cm³/mol. The SMILES string of the molecule is COc1cccc(C2/C(=C(/O)c3ccc4c(c3)N(C)CCO4)C(=O)C(=O)N2C2CCCC2)c1. The van der Waals surface area contributed by atoms with E-state index in [1.54, 1.807) is 24.1 Å². The van der Waals surface area contributed by atoms with Gasteiger partial charge in [-0.3, -0.25) is 9.59 Å². The second-order valence-corrected chi connectivity index (χ2v) is 8.87. The Hall–Kier alpha value is -3.48. The molecule has 1 atom stereocenters. The number of ether oxygens (including phenoxy) is 2. The molecule has 1 saturated heterocycles. The number of ketones is 1. The number of carbonyl (C=O) groups is 2. The van der Waals surface area contributed by atoms with Gasteiger partial charge in [-0.15, -0.1) is 0 Å². The first-order valence-corrected chi connectivity index (χ1v) is 11.4. The summed E-state index contributed by atoms with van der Waals surface area (Å²) in [6.07, 6.45) is 3.76. The van der Waals surface area contributed by atoms with Crippen LogP contribution in [0.3, 0.4) is 0 Å². The molecular formula is C26H28N2O5. The number of amides is 1. The van der Waals surface area contributed by atoms with Crippen molar-refractivity contribution < 1.29 is 24.2 Å². The molecule has 1 N–H and O–H groups in total. The van der Waals surface area contributed by atoms with Crippen LogP contribution < -0.4 is 14.4 Å². The lowest BCUT2D eigenvalue weighted by atomic mass is 9.94. The van der Waals surface area contributed by atoms with Crippen molar-refractivity contribution in [2.75, 3.05) is 32.2 Å².